The standard InChI is InChI=1S/C11H13Cl2NS/c1-6-5-15-11-8(13)4-3-7(12)9(11)10(6)14-2/h3-4,6,10,14H,5H2,1-2H3. The summed E-state index contributed by atoms with van der Waals surface area (Å²) in [4.78, 5) is 1.14. The minimum Gasteiger partial charge on any atom is -0.313 e. The maximum atomic E-state index is 6.24. The van der Waals surface area contributed by atoms with Gasteiger partial charge in [0.2, 0.25) is 0 Å². The highest BCUT2D eigenvalue weighted by Gasteiger charge is 2.29. The van der Waals surface area contributed by atoms with Crippen molar-refractivity contribution in [2.75, 3.05) is 12.8 Å². The predicted octanol–water partition coefficient (Wildman–Crippen LogP) is 4.00. The van der Waals surface area contributed by atoms with Gasteiger partial charge in [-0.2, -0.15) is 0 Å². The molecule has 1 heterocycles. The monoisotopic (exact) mass is 261 g/mol. The van der Waals surface area contributed by atoms with Crippen LogP contribution < -0.4 is 5.32 Å². The van der Waals surface area contributed by atoms with Crippen LogP contribution in [0.3, 0.4) is 0 Å². The lowest BCUT2D eigenvalue weighted by Gasteiger charge is -2.31. The van der Waals surface area contributed by atoms with Crippen LogP contribution in [0, 0.1) is 5.92 Å². The summed E-state index contributed by atoms with van der Waals surface area (Å²) in [5.74, 6) is 1.65. The van der Waals surface area contributed by atoms with Gasteiger partial charge in [0.15, 0.2) is 0 Å². The molecule has 4 heteroatoms. The van der Waals surface area contributed by atoms with Crippen molar-refractivity contribution in [1.29, 1.82) is 0 Å². The van der Waals surface area contributed by atoms with Gasteiger partial charge in [-0.05, 0) is 25.1 Å². The number of hydrogen-bond donors (Lipinski definition) is 1. The first-order valence-corrected chi connectivity index (χ1v) is 6.67. The Morgan fingerprint density at radius 2 is 2.00 bits per heavy atom. The molecule has 2 atom stereocenters. The van der Waals surface area contributed by atoms with Gasteiger partial charge in [-0.15, -0.1) is 11.8 Å². The van der Waals surface area contributed by atoms with Crippen LogP contribution in [0.4, 0.5) is 0 Å². The van der Waals surface area contributed by atoms with Gasteiger partial charge in [0, 0.05) is 27.3 Å². The van der Waals surface area contributed by atoms with E-state index < -0.39 is 0 Å². The Morgan fingerprint density at radius 1 is 1.33 bits per heavy atom. The first-order chi connectivity index (χ1) is 7.15. The van der Waals surface area contributed by atoms with E-state index in [0.29, 0.717) is 12.0 Å². The van der Waals surface area contributed by atoms with Crippen molar-refractivity contribution in [2.45, 2.75) is 17.9 Å². The molecule has 2 rings (SSSR count). The van der Waals surface area contributed by atoms with Crippen LogP contribution in [-0.2, 0) is 0 Å². The van der Waals surface area contributed by atoms with E-state index in [1.54, 1.807) is 11.8 Å². The number of hydrogen-bond acceptors (Lipinski definition) is 2. The number of thioether (sulfide) groups is 1. The Bertz CT molecular complexity index is 381. The summed E-state index contributed by atoms with van der Waals surface area (Å²) in [6, 6.07) is 4.07. The van der Waals surface area contributed by atoms with Crippen LogP contribution in [0.25, 0.3) is 0 Å². The molecule has 1 nitrogen and oxygen atoms in total. The summed E-state index contributed by atoms with van der Waals surface area (Å²) in [5, 5.41) is 4.95. The zero-order chi connectivity index (χ0) is 11.0. The van der Waals surface area contributed by atoms with E-state index in [9.17, 15) is 0 Å². The van der Waals surface area contributed by atoms with Crippen LogP contribution in [0.15, 0.2) is 17.0 Å². The van der Waals surface area contributed by atoms with E-state index in [4.69, 9.17) is 23.2 Å². The van der Waals surface area contributed by atoms with E-state index in [2.05, 4.69) is 12.2 Å². The Balaban J connectivity index is 2.56. The molecule has 2 unspecified atom stereocenters. The van der Waals surface area contributed by atoms with Gasteiger partial charge in [-0.1, -0.05) is 30.1 Å². The average Bonchev–Trinajstić information content (AvgIpc) is 2.23. The van der Waals surface area contributed by atoms with Crippen molar-refractivity contribution in [3.05, 3.63) is 27.7 Å². The van der Waals surface area contributed by atoms with Gasteiger partial charge in [-0.25, -0.2) is 0 Å². The van der Waals surface area contributed by atoms with E-state index in [1.807, 2.05) is 19.2 Å². The first-order valence-electron chi connectivity index (χ1n) is 4.93. The molecular formula is C11H13Cl2NS. The molecule has 0 aliphatic carbocycles. The van der Waals surface area contributed by atoms with E-state index in [1.165, 1.54) is 0 Å². The Kier molecular flexibility index (Phi) is 3.51. The third kappa shape index (κ3) is 2.01. The summed E-state index contributed by atoms with van der Waals surface area (Å²) in [6.07, 6.45) is 0. The second-order valence-electron chi connectivity index (χ2n) is 3.83. The molecule has 1 aromatic rings. The molecule has 0 amide bonds. The molecule has 82 valence electrons. The molecule has 0 bridgehead atoms. The zero-order valence-electron chi connectivity index (χ0n) is 8.68. The van der Waals surface area contributed by atoms with Crippen molar-refractivity contribution < 1.29 is 0 Å². The Morgan fingerprint density at radius 3 is 2.67 bits per heavy atom. The van der Waals surface area contributed by atoms with Crippen LogP contribution in [0.2, 0.25) is 10.0 Å². The summed E-state index contributed by atoms with van der Waals surface area (Å²) < 4.78 is 0. The van der Waals surface area contributed by atoms with Gasteiger partial charge in [-0.3, -0.25) is 0 Å². The quantitative estimate of drug-likeness (QED) is 0.821. The summed E-state index contributed by atoms with van der Waals surface area (Å²) >= 11 is 14.2. The van der Waals surface area contributed by atoms with Crippen molar-refractivity contribution in [1.82, 2.24) is 5.32 Å². The summed E-state index contributed by atoms with van der Waals surface area (Å²) in [6.45, 7) is 2.23. The number of halogens is 2. The second-order valence-corrected chi connectivity index (χ2v) is 5.67. The highest BCUT2D eigenvalue weighted by Crippen LogP contribution is 2.45. The fraction of sp³-hybridized carbons (Fsp3) is 0.455. The third-order valence-electron chi connectivity index (χ3n) is 2.78. The summed E-state index contributed by atoms with van der Waals surface area (Å²) in [5.41, 5.74) is 1.16. The molecule has 0 aromatic heterocycles. The maximum absolute atomic E-state index is 6.24. The fourth-order valence-electron chi connectivity index (χ4n) is 2.01. The highest BCUT2D eigenvalue weighted by molar-refractivity contribution is 7.99. The van der Waals surface area contributed by atoms with Crippen molar-refractivity contribution >= 4 is 35.0 Å². The maximum Gasteiger partial charge on any atom is 0.0546 e. The molecule has 0 radical (unpaired) electrons. The molecule has 15 heavy (non-hydrogen) atoms. The summed E-state index contributed by atoms with van der Waals surface area (Å²) in [7, 11) is 1.97. The van der Waals surface area contributed by atoms with Crippen LogP contribution in [0.5, 0.6) is 0 Å². The van der Waals surface area contributed by atoms with Gasteiger partial charge in [0.1, 0.15) is 0 Å². The van der Waals surface area contributed by atoms with Crippen molar-refractivity contribution in [3.63, 3.8) is 0 Å². The van der Waals surface area contributed by atoms with E-state index in [-0.39, 0.29) is 0 Å². The lowest BCUT2D eigenvalue weighted by molar-refractivity contribution is 0.437. The van der Waals surface area contributed by atoms with Gasteiger partial charge in [0.25, 0.3) is 0 Å². The van der Waals surface area contributed by atoms with Crippen LogP contribution in [0.1, 0.15) is 18.5 Å². The van der Waals surface area contributed by atoms with Crippen LogP contribution in [-0.4, -0.2) is 12.8 Å². The predicted molar refractivity (Wildman–Crippen MR) is 68.2 cm³/mol. The normalized spacial score (nSPS) is 25.1. The number of rotatable bonds is 1. The zero-order valence-corrected chi connectivity index (χ0v) is 11.0. The molecule has 1 N–H and O–H groups in total. The Labute approximate surface area is 105 Å². The van der Waals surface area contributed by atoms with Crippen molar-refractivity contribution in [2.24, 2.45) is 5.92 Å². The first kappa shape index (κ1) is 11.6. The SMILES string of the molecule is CNC1c2c(Cl)ccc(Cl)c2SCC1C. The molecule has 0 fully saturated rings. The van der Waals surface area contributed by atoms with E-state index in [0.717, 1.165) is 26.3 Å². The van der Waals surface area contributed by atoms with Gasteiger partial charge >= 0.3 is 0 Å². The third-order valence-corrected chi connectivity index (χ3v) is 4.95. The molecule has 0 saturated heterocycles. The van der Waals surface area contributed by atoms with Crippen LogP contribution >= 0.6 is 35.0 Å². The number of benzene rings is 1. The molecule has 1 aliphatic rings. The van der Waals surface area contributed by atoms with Gasteiger partial charge in [0.05, 0.1) is 5.02 Å². The number of nitrogens with one attached hydrogen (secondary N) is 1. The fourth-order valence-corrected chi connectivity index (χ4v) is 3.89. The molecule has 1 aromatic carbocycles. The molecule has 1 aliphatic heterocycles. The minimum atomic E-state index is 0.312. The highest BCUT2D eigenvalue weighted by atomic mass is 35.5. The van der Waals surface area contributed by atoms with E-state index >= 15 is 0 Å². The molecule has 0 saturated carbocycles. The lowest BCUT2D eigenvalue weighted by atomic mass is 9.95. The minimum absolute atomic E-state index is 0.312. The largest absolute Gasteiger partial charge is 0.313 e. The number of fused-ring (bicyclic) bond motifs is 1. The average molecular weight is 262 g/mol. The topological polar surface area (TPSA) is 12.0 Å². The van der Waals surface area contributed by atoms with Gasteiger partial charge < -0.3 is 5.32 Å². The lowest BCUT2D eigenvalue weighted by Crippen LogP contribution is -2.28. The van der Waals surface area contributed by atoms with Crippen molar-refractivity contribution in [3.8, 4) is 0 Å². The Hall–Kier alpha value is 0.110. The molecular weight excluding hydrogens is 249 g/mol. The second kappa shape index (κ2) is 4.54. The smallest absolute Gasteiger partial charge is 0.0546 e. The molecule has 0 spiro atoms.